The van der Waals surface area contributed by atoms with Gasteiger partial charge in [-0.25, -0.2) is 0 Å². The molecule has 114 valence electrons. The number of nitrogens with zero attached hydrogens (tertiary/aromatic N) is 2. The maximum Gasteiger partial charge on any atom is 0.0756 e. The second-order valence-electron chi connectivity index (χ2n) is 5.28. The molecule has 0 spiro atoms. The molecule has 0 radical (unpaired) electrons. The van der Waals surface area contributed by atoms with Crippen LogP contribution in [0.25, 0.3) is 0 Å². The van der Waals surface area contributed by atoms with E-state index in [-0.39, 0.29) is 12.6 Å². The Morgan fingerprint density at radius 2 is 1.95 bits per heavy atom. The lowest BCUT2D eigenvalue weighted by atomic mass is 10.00. The maximum atomic E-state index is 9.61. The number of halogens is 2. The van der Waals surface area contributed by atoms with Crippen molar-refractivity contribution in [2.75, 3.05) is 25.1 Å². The number of aliphatic hydroxyl groups is 1. The summed E-state index contributed by atoms with van der Waals surface area (Å²) in [6.07, 6.45) is 0. The van der Waals surface area contributed by atoms with Gasteiger partial charge in [-0.3, -0.25) is 4.99 Å². The highest BCUT2D eigenvalue weighted by atomic mass is 35.5. The van der Waals surface area contributed by atoms with Gasteiger partial charge in [-0.05, 0) is 24.3 Å². The molecule has 2 aromatic carbocycles. The fraction of sp³-hybridized carbons (Fsp3) is 0.235. The number of hydrogen-bond donors (Lipinski definition) is 1. The highest BCUT2D eigenvalue weighted by molar-refractivity contribution is 6.36. The van der Waals surface area contributed by atoms with E-state index in [2.05, 4.69) is 0 Å². The van der Waals surface area contributed by atoms with Gasteiger partial charge in [0.15, 0.2) is 0 Å². The van der Waals surface area contributed by atoms with E-state index in [1.54, 1.807) is 0 Å². The summed E-state index contributed by atoms with van der Waals surface area (Å²) in [5.41, 5.74) is 3.60. The predicted octanol–water partition coefficient (Wildman–Crippen LogP) is 3.64. The standard InChI is InChI=1S/C17H16Cl2N2O/c1-21-12(10-22)9-20-17(13-4-2-3-5-15(13)19)14-8-11(18)6-7-16(14)21/h2-8,12,22H,9-10H2,1H3/t12-/m1/s1. The summed E-state index contributed by atoms with van der Waals surface area (Å²) >= 11 is 12.5. The minimum atomic E-state index is -0.0695. The van der Waals surface area contributed by atoms with Gasteiger partial charge >= 0.3 is 0 Å². The lowest BCUT2D eigenvalue weighted by Crippen LogP contribution is -2.36. The summed E-state index contributed by atoms with van der Waals surface area (Å²) < 4.78 is 0. The fourth-order valence-corrected chi connectivity index (χ4v) is 3.07. The van der Waals surface area contributed by atoms with Gasteiger partial charge in [-0.2, -0.15) is 0 Å². The van der Waals surface area contributed by atoms with E-state index in [0.29, 0.717) is 16.6 Å². The van der Waals surface area contributed by atoms with E-state index in [0.717, 1.165) is 22.5 Å². The van der Waals surface area contributed by atoms with Crippen LogP contribution in [-0.4, -0.2) is 37.1 Å². The Balaban J connectivity index is 2.22. The Labute approximate surface area is 139 Å². The van der Waals surface area contributed by atoms with Crippen molar-refractivity contribution in [2.45, 2.75) is 6.04 Å². The van der Waals surface area contributed by atoms with E-state index in [1.807, 2.05) is 54.4 Å². The van der Waals surface area contributed by atoms with Gasteiger partial charge in [0.1, 0.15) is 0 Å². The fourth-order valence-electron chi connectivity index (χ4n) is 2.67. The van der Waals surface area contributed by atoms with Crippen molar-refractivity contribution in [3.63, 3.8) is 0 Å². The minimum absolute atomic E-state index is 0.0396. The van der Waals surface area contributed by atoms with Gasteiger partial charge in [-0.15, -0.1) is 0 Å². The summed E-state index contributed by atoms with van der Waals surface area (Å²) in [7, 11) is 1.96. The summed E-state index contributed by atoms with van der Waals surface area (Å²) in [6.45, 7) is 0.539. The van der Waals surface area contributed by atoms with Crippen molar-refractivity contribution in [3.8, 4) is 0 Å². The van der Waals surface area contributed by atoms with E-state index >= 15 is 0 Å². The number of benzodiazepines with no additional fused rings is 1. The van der Waals surface area contributed by atoms with Crippen molar-refractivity contribution < 1.29 is 5.11 Å². The molecule has 2 aromatic rings. The first-order valence-corrected chi connectivity index (χ1v) is 7.80. The molecule has 0 unspecified atom stereocenters. The summed E-state index contributed by atoms with van der Waals surface area (Å²) in [6, 6.07) is 13.3. The summed E-state index contributed by atoms with van der Waals surface area (Å²) in [5, 5.41) is 10.9. The molecule has 3 rings (SSSR count). The lowest BCUT2D eigenvalue weighted by Gasteiger charge is -2.27. The number of likely N-dealkylation sites (N-methyl/N-ethyl adjacent to an activating group) is 1. The molecule has 0 fully saturated rings. The number of aliphatic imine (C=N–C) groups is 1. The zero-order chi connectivity index (χ0) is 15.7. The first-order valence-electron chi connectivity index (χ1n) is 7.04. The monoisotopic (exact) mass is 334 g/mol. The quantitative estimate of drug-likeness (QED) is 0.910. The van der Waals surface area contributed by atoms with Crippen LogP contribution in [0.2, 0.25) is 10.0 Å². The van der Waals surface area contributed by atoms with Crippen LogP contribution in [0.15, 0.2) is 47.5 Å². The SMILES string of the molecule is CN1c2ccc(Cl)cc2C(c2ccccc2Cl)=NC[C@@H]1CO. The molecule has 3 nitrogen and oxygen atoms in total. The van der Waals surface area contributed by atoms with Crippen LogP contribution in [0, 0.1) is 0 Å². The van der Waals surface area contributed by atoms with Crippen LogP contribution in [0.3, 0.4) is 0 Å². The highest BCUT2D eigenvalue weighted by Gasteiger charge is 2.24. The molecule has 0 saturated carbocycles. The Kier molecular flexibility index (Phi) is 4.39. The molecule has 0 bridgehead atoms. The average Bonchev–Trinajstić information content (AvgIpc) is 2.65. The van der Waals surface area contributed by atoms with E-state index in [4.69, 9.17) is 28.2 Å². The van der Waals surface area contributed by atoms with Crippen molar-refractivity contribution >= 4 is 34.6 Å². The Morgan fingerprint density at radius 1 is 1.18 bits per heavy atom. The van der Waals surface area contributed by atoms with Gasteiger partial charge in [0, 0.05) is 33.9 Å². The maximum absolute atomic E-state index is 9.61. The molecular weight excluding hydrogens is 319 g/mol. The smallest absolute Gasteiger partial charge is 0.0756 e. The normalized spacial score (nSPS) is 17.7. The van der Waals surface area contributed by atoms with Crippen molar-refractivity contribution in [1.29, 1.82) is 0 Å². The number of fused-ring (bicyclic) bond motifs is 1. The number of anilines is 1. The Morgan fingerprint density at radius 3 is 2.68 bits per heavy atom. The average molecular weight is 335 g/mol. The zero-order valence-electron chi connectivity index (χ0n) is 12.1. The molecule has 1 N–H and O–H groups in total. The van der Waals surface area contributed by atoms with E-state index < -0.39 is 0 Å². The minimum Gasteiger partial charge on any atom is -0.394 e. The molecule has 22 heavy (non-hydrogen) atoms. The van der Waals surface area contributed by atoms with Crippen molar-refractivity contribution in [2.24, 2.45) is 4.99 Å². The van der Waals surface area contributed by atoms with Gasteiger partial charge in [0.05, 0.1) is 24.9 Å². The molecule has 1 atom stereocenters. The third-order valence-corrected chi connectivity index (χ3v) is 4.51. The number of hydrogen-bond acceptors (Lipinski definition) is 3. The third-order valence-electron chi connectivity index (χ3n) is 3.94. The summed E-state index contributed by atoms with van der Waals surface area (Å²) in [4.78, 5) is 6.75. The van der Waals surface area contributed by atoms with Crippen LogP contribution in [0.1, 0.15) is 11.1 Å². The third kappa shape index (κ3) is 2.72. The molecule has 0 amide bonds. The number of benzene rings is 2. The lowest BCUT2D eigenvalue weighted by molar-refractivity contribution is 0.265. The van der Waals surface area contributed by atoms with Gasteiger partial charge in [-0.1, -0.05) is 41.4 Å². The predicted molar refractivity (Wildman–Crippen MR) is 92.7 cm³/mol. The summed E-state index contributed by atoms with van der Waals surface area (Å²) in [5.74, 6) is 0. The van der Waals surface area contributed by atoms with Gasteiger partial charge in [0.2, 0.25) is 0 Å². The number of aliphatic hydroxyl groups excluding tert-OH is 1. The molecule has 5 heteroatoms. The van der Waals surface area contributed by atoms with Crippen LogP contribution in [0.4, 0.5) is 5.69 Å². The van der Waals surface area contributed by atoms with Crippen LogP contribution >= 0.6 is 23.2 Å². The molecule has 0 aromatic heterocycles. The van der Waals surface area contributed by atoms with Gasteiger partial charge < -0.3 is 10.0 Å². The zero-order valence-corrected chi connectivity index (χ0v) is 13.6. The first kappa shape index (κ1) is 15.3. The van der Waals surface area contributed by atoms with E-state index in [1.165, 1.54) is 0 Å². The van der Waals surface area contributed by atoms with Crippen LogP contribution in [0.5, 0.6) is 0 Å². The largest absolute Gasteiger partial charge is 0.394 e. The second kappa shape index (κ2) is 6.29. The van der Waals surface area contributed by atoms with E-state index in [9.17, 15) is 5.11 Å². The first-order chi connectivity index (χ1) is 10.6. The van der Waals surface area contributed by atoms with Crippen LogP contribution < -0.4 is 4.90 Å². The van der Waals surface area contributed by atoms with Gasteiger partial charge in [0.25, 0.3) is 0 Å². The molecule has 1 heterocycles. The molecule has 1 aliphatic heterocycles. The highest BCUT2D eigenvalue weighted by Crippen LogP contribution is 2.31. The molecule has 0 saturated heterocycles. The van der Waals surface area contributed by atoms with Crippen molar-refractivity contribution in [3.05, 3.63) is 63.6 Å². The second-order valence-corrected chi connectivity index (χ2v) is 6.12. The van der Waals surface area contributed by atoms with Crippen molar-refractivity contribution in [1.82, 2.24) is 0 Å². The Hall–Kier alpha value is -1.55. The number of rotatable bonds is 2. The Bertz CT molecular complexity index is 730. The molecular formula is C17H16Cl2N2O. The topological polar surface area (TPSA) is 35.8 Å². The molecule has 0 aliphatic carbocycles. The molecule has 1 aliphatic rings. The van der Waals surface area contributed by atoms with Crippen LogP contribution in [-0.2, 0) is 0 Å².